The smallest absolute Gasteiger partial charge is 0.00104 e. The third-order valence-electron chi connectivity index (χ3n) is 5.31. The molecular formula is C18H37N. The lowest BCUT2D eigenvalue weighted by atomic mass is 9.68. The molecule has 1 rings (SSSR count). The molecule has 1 fully saturated rings. The SMILES string of the molecule is CCC(C)CC1CC(C(C)C)CCC1CNC(C)C. The van der Waals surface area contributed by atoms with Gasteiger partial charge in [-0.3, -0.25) is 0 Å². The average molecular weight is 268 g/mol. The van der Waals surface area contributed by atoms with Crippen LogP contribution in [0, 0.1) is 29.6 Å². The molecule has 0 bridgehead atoms. The van der Waals surface area contributed by atoms with Gasteiger partial charge in [-0.15, -0.1) is 0 Å². The lowest BCUT2D eigenvalue weighted by molar-refractivity contribution is 0.123. The zero-order valence-corrected chi connectivity index (χ0v) is 14.2. The maximum absolute atomic E-state index is 3.68. The van der Waals surface area contributed by atoms with Crippen LogP contribution in [-0.2, 0) is 0 Å². The van der Waals surface area contributed by atoms with Crippen LogP contribution in [0.5, 0.6) is 0 Å². The molecule has 1 heteroatoms. The van der Waals surface area contributed by atoms with Crippen molar-refractivity contribution in [1.29, 1.82) is 0 Å². The fourth-order valence-electron chi connectivity index (χ4n) is 3.60. The van der Waals surface area contributed by atoms with E-state index in [9.17, 15) is 0 Å². The molecule has 1 N–H and O–H groups in total. The van der Waals surface area contributed by atoms with Gasteiger partial charge in [0.15, 0.2) is 0 Å². The second kappa shape index (κ2) is 8.29. The number of hydrogen-bond acceptors (Lipinski definition) is 1. The Balaban J connectivity index is 2.56. The number of hydrogen-bond donors (Lipinski definition) is 1. The maximum Gasteiger partial charge on any atom is 0.00104 e. The summed E-state index contributed by atoms with van der Waals surface area (Å²) in [7, 11) is 0. The van der Waals surface area contributed by atoms with Crippen LogP contribution >= 0.6 is 0 Å². The highest BCUT2D eigenvalue weighted by Gasteiger charge is 2.32. The predicted octanol–water partition coefficient (Wildman–Crippen LogP) is 5.11. The highest BCUT2D eigenvalue weighted by molar-refractivity contribution is 4.84. The zero-order valence-electron chi connectivity index (χ0n) is 14.2. The molecule has 1 aliphatic carbocycles. The summed E-state index contributed by atoms with van der Waals surface area (Å²) in [5.74, 6) is 4.63. The third-order valence-corrected chi connectivity index (χ3v) is 5.31. The summed E-state index contributed by atoms with van der Waals surface area (Å²) >= 11 is 0. The summed E-state index contributed by atoms with van der Waals surface area (Å²) < 4.78 is 0. The van der Waals surface area contributed by atoms with Gasteiger partial charge in [0.05, 0.1) is 0 Å². The standard InChI is InChI=1S/C18H37N/c1-7-15(6)10-18-11-16(13(2)3)8-9-17(18)12-19-14(4)5/h13-19H,7-12H2,1-6H3. The first-order valence-corrected chi connectivity index (χ1v) is 8.67. The normalized spacial score (nSPS) is 30.0. The fourth-order valence-corrected chi connectivity index (χ4v) is 3.60. The van der Waals surface area contributed by atoms with Gasteiger partial charge in [0.25, 0.3) is 0 Å². The van der Waals surface area contributed by atoms with Gasteiger partial charge in [0.2, 0.25) is 0 Å². The average Bonchev–Trinajstić information content (AvgIpc) is 2.36. The van der Waals surface area contributed by atoms with Crippen LogP contribution in [0.3, 0.4) is 0 Å². The molecule has 0 aromatic carbocycles. The van der Waals surface area contributed by atoms with E-state index in [0.717, 1.165) is 29.6 Å². The van der Waals surface area contributed by atoms with Crippen molar-refractivity contribution in [2.45, 2.75) is 79.7 Å². The minimum Gasteiger partial charge on any atom is -0.314 e. The van der Waals surface area contributed by atoms with E-state index in [4.69, 9.17) is 0 Å². The Kier molecular flexibility index (Phi) is 7.42. The van der Waals surface area contributed by atoms with E-state index in [-0.39, 0.29) is 0 Å². The Bertz CT molecular complexity index is 234. The van der Waals surface area contributed by atoms with Gasteiger partial charge in [0.1, 0.15) is 0 Å². The highest BCUT2D eigenvalue weighted by atomic mass is 14.9. The Morgan fingerprint density at radius 2 is 1.68 bits per heavy atom. The first-order chi connectivity index (χ1) is 8.93. The van der Waals surface area contributed by atoms with E-state index in [1.54, 1.807) is 0 Å². The van der Waals surface area contributed by atoms with Gasteiger partial charge < -0.3 is 5.32 Å². The third kappa shape index (κ3) is 5.85. The fraction of sp³-hybridized carbons (Fsp3) is 1.00. The molecule has 1 nitrogen and oxygen atoms in total. The highest BCUT2D eigenvalue weighted by Crippen LogP contribution is 2.40. The summed E-state index contributed by atoms with van der Waals surface area (Å²) in [6.45, 7) is 15.4. The van der Waals surface area contributed by atoms with E-state index in [1.807, 2.05) is 0 Å². The van der Waals surface area contributed by atoms with E-state index in [0.29, 0.717) is 6.04 Å². The van der Waals surface area contributed by atoms with Crippen molar-refractivity contribution in [3.63, 3.8) is 0 Å². The van der Waals surface area contributed by atoms with Crippen LogP contribution in [0.1, 0.15) is 73.6 Å². The first-order valence-electron chi connectivity index (χ1n) is 8.67. The van der Waals surface area contributed by atoms with Crippen LogP contribution in [0.2, 0.25) is 0 Å². The lowest BCUT2D eigenvalue weighted by Gasteiger charge is -2.39. The Labute approximate surface area is 121 Å². The van der Waals surface area contributed by atoms with Crippen molar-refractivity contribution < 1.29 is 0 Å². The molecule has 0 aliphatic heterocycles. The summed E-state index contributed by atoms with van der Waals surface area (Å²) in [5.41, 5.74) is 0. The van der Waals surface area contributed by atoms with Crippen molar-refractivity contribution in [3.8, 4) is 0 Å². The molecule has 0 aromatic rings. The largest absolute Gasteiger partial charge is 0.314 e. The monoisotopic (exact) mass is 267 g/mol. The zero-order chi connectivity index (χ0) is 14.4. The van der Waals surface area contributed by atoms with E-state index in [1.165, 1.54) is 38.6 Å². The number of nitrogens with one attached hydrogen (secondary N) is 1. The molecule has 4 atom stereocenters. The van der Waals surface area contributed by atoms with E-state index in [2.05, 4.69) is 46.9 Å². The topological polar surface area (TPSA) is 12.0 Å². The van der Waals surface area contributed by atoms with Crippen LogP contribution < -0.4 is 5.32 Å². The second-order valence-electron chi connectivity index (χ2n) is 7.65. The molecular weight excluding hydrogens is 230 g/mol. The van der Waals surface area contributed by atoms with Crippen molar-refractivity contribution in [2.75, 3.05) is 6.54 Å². The van der Waals surface area contributed by atoms with Crippen LogP contribution in [-0.4, -0.2) is 12.6 Å². The summed E-state index contributed by atoms with van der Waals surface area (Å²) in [5, 5.41) is 3.68. The molecule has 0 spiro atoms. The maximum atomic E-state index is 3.68. The van der Waals surface area contributed by atoms with Crippen LogP contribution in [0.15, 0.2) is 0 Å². The van der Waals surface area contributed by atoms with E-state index < -0.39 is 0 Å². The minimum absolute atomic E-state index is 0.632. The molecule has 114 valence electrons. The summed E-state index contributed by atoms with van der Waals surface area (Å²) in [6, 6.07) is 0.632. The minimum atomic E-state index is 0.632. The van der Waals surface area contributed by atoms with Gasteiger partial charge in [-0.2, -0.15) is 0 Å². The molecule has 1 aliphatic rings. The summed E-state index contributed by atoms with van der Waals surface area (Å²) in [6.07, 6.45) is 7.17. The van der Waals surface area contributed by atoms with Gasteiger partial charge in [-0.05, 0) is 61.8 Å². The molecule has 1 saturated carbocycles. The van der Waals surface area contributed by atoms with Crippen molar-refractivity contribution in [3.05, 3.63) is 0 Å². The lowest BCUT2D eigenvalue weighted by Crippen LogP contribution is -2.37. The van der Waals surface area contributed by atoms with Crippen molar-refractivity contribution >= 4 is 0 Å². The molecule has 0 heterocycles. The second-order valence-corrected chi connectivity index (χ2v) is 7.65. The first kappa shape index (κ1) is 17.0. The molecule has 4 unspecified atom stereocenters. The molecule has 0 aromatic heterocycles. The van der Waals surface area contributed by atoms with Crippen molar-refractivity contribution in [2.24, 2.45) is 29.6 Å². The van der Waals surface area contributed by atoms with E-state index >= 15 is 0 Å². The van der Waals surface area contributed by atoms with Crippen molar-refractivity contribution in [1.82, 2.24) is 5.32 Å². The van der Waals surface area contributed by atoms with Gasteiger partial charge >= 0.3 is 0 Å². The predicted molar refractivity (Wildman–Crippen MR) is 86.4 cm³/mol. The van der Waals surface area contributed by atoms with Gasteiger partial charge in [-0.1, -0.05) is 48.0 Å². The number of rotatable bonds is 7. The Morgan fingerprint density at radius 1 is 1.00 bits per heavy atom. The Hall–Kier alpha value is -0.0400. The van der Waals surface area contributed by atoms with Crippen LogP contribution in [0.25, 0.3) is 0 Å². The molecule has 19 heavy (non-hydrogen) atoms. The van der Waals surface area contributed by atoms with Gasteiger partial charge in [0, 0.05) is 6.04 Å². The summed E-state index contributed by atoms with van der Waals surface area (Å²) in [4.78, 5) is 0. The molecule has 0 saturated heterocycles. The van der Waals surface area contributed by atoms with Crippen LogP contribution in [0.4, 0.5) is 0 Å². The molecule has 0 radical (unpaired) electrons. The van der Waals surface area contributed by atoms with Gasteiger partial charge in [-0.25, -0.2) is 0 Å². The quantitative estimate of drug-likeness (QED) is 0.676. The Morgan fingerprint density at radius 3 is 2.21 bits per heavy atom. The molecule has 0 amide bonds.